The van der Waals surface area contributed by atoms with Crippen LogP contribution in [0, 0.1) is 0 Å². The molecule has 0 heterocycles. The topological polar surface area (TPSA) is 67.9 Å². The molecule has 0 bridgehead atoms. The number of amides is 2. The molecule has 166 valence electrons. The maximum absolute atomic E-state index is 13.4. The van der Waals surface area contributed by atoms with Crippen LogP contribution in [0.1, 0.15) is 21.5 Å². The number of nitrogens with one attached hydrogen (secondary N) is 1. The predicted molar refractivity (Wildman–Crippen MR) is 124 cm³/mol. The molecular weight excluding hydrogens is 404 g/mol. The molecule has 0 fully saturated rings. The zero-order valence-electron chi connectivity index (χ0n) is 18.6. The summed E-state index contributed by atoms with van der Waals surface area (Å²) in [6.45, 7) is 0.332. The Morgan fingerprint density at radius 1 is 0.906 bits per heavy atom. The van der Waals surface area contributed by atoms with Crippen molar-refractivity contribution in [2.45, 2.75) is 19.0 Å². The number of likely N-dealkylation sites (N-methyl/N-ethyl adjacent to an activating group) is 1. The van der Waals surface area contributed by atoms with Gasteiger partial charge in [-0.2, -0.15) is 0 Å². The summed E-state index contributed by atoms with van der Waals surface area (Å²) in [5, 5.41) is 2.91. The lowest BCUT2D eigenvalue weighted by Crippen LogP contribution is -2.48. The number of carbonyl (C=O) groups is 2. The van der Waals surface area contributed by atoms with Crippen LogP contribution in [0.3, 0.4) is 0 Å². The second kappa shape index (κ2) is 11.0. The number of benzene rings is 3. The molecule has 3 aromatic rings. The van der Waals surface area contributed by atoms with Gasteiger partial charge in [0.25, 0.3) is 5.91 Å². The van der Waals surface area contributed by atoms with Gasteiger partial charge in [-0.05, 0) is 29.8 Å². The van der Waals surface area contributed by atoms with Crippen LogP contribution in [-0.4, -0.2) is 44.0 Å². The van der Waals surface area contributed by atoms with Crippen molar-refractivity contribution in [3.05, 3.63) is 95.6 Å². The average molecular weight is 433 g/mol. The molecule has 0 radical (unpaired) electrons. The highest BCUT2D eigenvalue weighted by Crippen LogP contribution is 2.25. The first-order chi connectivity index (χ1) is 15.5. The highest BCUT2D eigenvalue weighted by atomic mass is 16.5. The van der Waals surface area contributed by atoms with Crippen molar-refractivity contribution in [1.29, 1.82) is 0 Å². The third kappa shape index (κ3) is 5.88. The quantitative estimate of drug-likeness (QED) is 0.560. The van der Waals surface area contributed by atoms with Gasteiger partial charge in [0, 0.05) is 37.2 Å². The first-order valence-electron chi connectivity index (χ1n) is 10.4. The fourth-order valence-electron chi connectivity index (χ4n) is 3.46. The molecular formula is C26H28N2O4. The predicted octanol–water partition coefficient (Wildman–Crippen LogP) is 3.70. The SMILES string of the molecule is COc1ccc(CN(C)C(=O)[C@@H](Cc2ccccc2)NC(=O)c2ccccc2)c(OC)c1. The number of ether oxygens (including phenoxy) is 2. The van der Waals surface area contributed by atoms with Crippen molar-refractivity contribution in [2.75, 3.05) is 21.3 Å². The smallest absolute Gasteiger partial charge is 0.251 e. The average Bonchev–Trinajstić information content (AvgIpc) is 2.84. The van der Waals surface area contributed by atoms with Crippen molar-refractivity contribution in [3.8, 4) is 11.5 Å². The van der Waals surface area contributed by atoms with Crippen LogP contribution in [0.15, 0.2) is 78.9 Å². The number of methoxy groups -OCH3 is 2. The first kappa shape index (κ1) is 22.9. The molecule has 6 nitrogen and oxygen atoms in total. The molecule has 1 atom stereocenters. The molecule has 0 saturated carbocycles. The molecule has 2 amide bonds. The normalized spacial score (nSPS) is 11.3. The number of rotatable bonds is 9. The van der Waals surface area contributed by atoms with Crippen LogP contribution in [0.4, 0.5) is 0 Å². The lowest BCUT2D eigenvalue weighted by molar-refractivity contribution is -0.132. The van der Waals surface area contributed by atoms with Crippen LogP contribution in [0.5, 0.6) is 11.5 Å². The Kier molecular flexibility index (Phi) is 7.86. The minimum atomic E-state index is -0.709. The van der Waals surface area contributed by atoms with E-state index in [0.717, 1.165) is 11.1 Å². The van der Waals surface area contributed by atoms with Gasteiger partial charge in [-0.1, -0.05) is 48.5 Å². The van der Waals surface area contributed by atoms with E-state index in [4.69, 9.17) is 9.47 Å². The molecule has 0 aliphatic heterocycles. The number of hydrogen-bond acceptors (Lipinski definition) is 4. The van der Waals surface area contributed by atoms with E-state index in [2.05, 4.69) is 5.32 Å². The molecule has 6 heteroatoms. The zero-order chi connectivity index (χ0) is 22.9. The van der Waals surface area contributed by atoms with Gasteiger partial charge in [0.05, 0.1) is 14.2 Å². The Balaban J connectivity index is 1.80. The highest BCUT2D eigenvalue weighted by Gasteiger charge is 2.25. The van der Waals surface area contributed by atoms with Crippen LogP contribution >= 0.6 is 0 Å². The van der Waals surface area contributed by atoms with E-state index in [1.165, 1.54) is 0 Å². The minimum absolute atomic E-state index is 0.184. The lowest BCUT2D eigenvalue weighted by atomic mass is 10.0. The van der Waals surface area contributed by atoms with Crippen molar-refractivity contribution < 1.29 is 19.1 Å². The first-order valence-corrected chi connectivity index (χ1v) is 10.4. The van der Waals surface area contributed by atoms with Gasteiger partial charge < -0.3 is 19.7 Å². The minimum Gasteiger partial charge on any atom is -0.497 e. The summed E-state index contributed by atoms with van der Waals surface area (Å²) in [6, 6.07) is 23.3. The molecule has 0 spiro atoms. The van der Waals surface area contributed by atoms with Crippen molar-refractivity contribution >= 4 is 11.8 Å². The van der Waals surface area contributed by atoms with Gasteiger partial charge >= 0.3 is 0 Å². The Morgan fingerprint density at radius 2 is 1.56 bits per heavy atom. The van der Waals surface area contributed by atoms with E-state index in [1.807, 2.05) is 48.5 Å². The van der Waals surface area contributed by atoms with Gasteiger partial charge in [0.2, 0.25) is 5.91 Å². The van der Waals surface area contributed by atoms with Gasteiger partial charge in [-0.25, -0.2) is 0 Å². The van der Waals surface area contributed by atoms with E-state index in [1.54, 1.807) is 56.5 Å². The summed E-state index contributed by atoms with van der Waals surface area (Å²) in [5.41, 5.74) is 2.32. The molecule has 0 saturated heterocycles. The van der Waals surface area contributed by atoms with Crippen LogP contribution < -0.4 is 14.8 Å². The molecule has 0 aromatic heterocycles. The number of carbonyl (C=O) groups excluding carboxylic acids is 2. The Bertz CT molecular complexity index is 1040. The molecule has 0 unspecified atom stereocenters. The maximum atomic E-state index is 13.4. The zero-order valence-corrected chi connectivity index (χ0v) is 18.6. The fraction of sp³-hybridized carbons (Fsp3) is 0.231. The van der Waals surface area contributed by atoms with Crippen molar-refractivity contribution in [1.82, 2.24) is 10.2 Å². The fourth-order valence-corrected chi connectivity index (χ4v) is 3.46. The van der Waals surface area contributed by atoms with E-state index in [0.29, 0.717) is 30.0 Å². The standard InChI is InChI=1S/C26H28N2O4/c1-28(18-21-14-15-22(31-2)17-24(21)32-3)26(30)23(16-19-10-6-4-7-11-19)27-25(29)20-12-8-5-9-13-20/h4-15,17,23H,16,18H2,1-3H3,(H,27,29)/t23-/m1/s1. The second-order valence-electron chi connectivity index (χ2n) is 7.45. The molecule has 3 rings (SSSR count). The lowest BCUT2D eigenvalue weighted by Gasteiger charge is -2.25. The summed E-state index contributed by atoms with van der Waals surface area (Å²) >= 11 is 0. The second-order valence-corrected chi connectivity index (χ2v) is 7.45. The van der Waals surface area contributed by atoms with Crippen LogP contribution in [-0.2, 0) is 17.8 Å². The van der Waals surface area contributed by atoms with Crippen LogP contribution in [0.2, 0.25) is 0 Å². The summed E-state index contributed by atoms with van der Waals surface area (Å²) in [4.78, 5) is 27.8. The van der Waals surface area contributed by atoms with Crippen molar-refractivity contribution in [3.63, 3.8) is 0 Å². The van der Waals surface area contributed by atoms with E-state index >= 15 is 0 Å². The van der Waals surface area contributed by atoms with Crippen LogP contribution in [0.25, 0.3) is 0 Å². The maximum Gasteiger partial charge on any atom is 0.251 e. The third-order valence-corrected chi connectivity index (χ3v) is 5.20. The number of nitrogens with zero attached hydrogens (tertiary/aromatic N) is 1. The van der Waals surface area contributed by atoms with E-state index < -0.39 is 6.04 Å². The summed E-state index contributed by atoms with van der Waals surface area (Å²) < 4.78 is 10.7. The molecule has 1 N–H and O–H groups in total. The van der Waals surface area contributed by atoms with Gasteiger partial charge in [-0.15, -0.1) is 0 Å². The van der Waals surface area contributed by atoms with Gasteiger partial charge in [-0.3, -0.25) is 9.59 Å². The van der Waals surface area contributed by atoms with E-state index in [9.17, 15) is 9.59 Å². The summed E-state index contributed by atoms with van der Waals surface area (Å²) in [7, 11) is 4.89. The van der Waals surface area contributed by atoms with Crippen molar-refractivity contribution in [2.24, 2.45) is 0 Å². The van der Waals surface area contributed by atoms with Gasteiger partial charge in [0.15, 0.2) is 0 Å². The number of hydrogen-bond donors (Lipinski definition) is 1. The highest BCUT2D eigenvalue weighted by molar-refractivity contribution is 5.97. The Morgan fingerprint density at radius 3 is 2.19 bits per heavy atom. The molecule has 3 aromatic carbocycles. The van der Waals surface area contributed by atoms with Gasteiger partial charge in [0.1, 0.15) is 17.5 Å². The Labute approximate surface area is 188 Å². The molecule has 0 aliphatic rings. The monoisotopic (exact) mass is 432 g/mol. The summed E-state index contributed by atoms with van der Waals surface area (Å²) in [6.07, 6.45) is 0.391. The largest absolute Gasteiger partial charge is 0.497 e. The third-order valence-electron chi connectivity index (χ3n) is 5.20. The molecule has 0 aliphatic carbocycles. The molecule has 32 heavy (non-hydrogen) atoms. The van der Waals surface area contributed by atoms with E-state index in [-0.39, 0.29) is 11.8 Å². The summed E-state index contributed by atoms with van der Waals surface area (Å²) in [5.74, 6) is 0.847. The Hall–Kier alpha value is -3.80.